The molecular formula is C14H15N5. The zero-order valence-corrected chi connectivity index (χ0v) is 10.7. The number of nitrogens with two attached hydrogens (primary N) is 1. The maximum absolute atomic E-state index is 6.05. The second kappa shape index (κ2) is 4.61. The Morgan fingerprint density at radius 3 is 2.89 bits per heavy atom. The van der Waals surface area contributed by atoms with E-state index in [1.165, 1.54) is 0 Å². The van der Waals surface area contributed by atoms with Crippen LogP contribution in [0.25, 0.3) is 10.9 Å². The molecule has 0 spiro atoms. The largest absolute Gasteiger partial charge is 0.398 e. The molecule has 0 aliphatic carbocycles. The smallest absolute Gasteiger partial charge is 0.124 e. The molecular weight excluding hydrogens is 238 g/mol. The number of pyridine rings is 1. The van der Waals surface area contributed by atoms with Crippen molar-refractivity contribution in [2.24, 2.45) is 7.05 Å². The van der Waals surface area contributed by atoms with Crippen LogP contribution < -0.4 is 11.1 Å². The van der Waals surface area contributed by atoms with Crippen LogP contribution in [-0.2, 0) is 13.6 Å². The maximum Gasteiger partial charge on any atom is 0.124 e. The molecule has 0 atom stereocenters. The molecule has 0 bridgehead atoms. The van der Waals surface area contributed by atoms with E-state index in [0.29, 0.717) is 6.54 Å². The molecule has 0 amide bonds. The van der Waals surface area contributed by atoms with Crippen LogP contribution in [0, 0.1) is 0 Å². The minimum Gasteiger partial charge on any atom is -0.398 e. The fraction of sp³-hybridized carbons (Fsp3) is 0.143. The molecule has 0 aliphatic rings. The van der Waals surface area contributed by atoms with E-state index in [0.717, 1.165) is 28.1 Å². The molecule has 2 aromatic heterocycles. The summed E-state index contributed by atoms with van der Waals surface area (Å²) in [7, 11) is 1.89. The topological polar surface area (TPSA) is 68.8 Å². The average molecular weight is 253 g/mol. The molecule has 96 valence electrons. The van der Waals surface area contributed by atoms with Crippen molar-refractivity contribution in [2.45, 2.75) is 6.54 Å². The van der Waals surface area contributed by atoms with Crippen molar-refractivity contribution in [1.82, 2.24) is 14.8 Å². The number of benzene rings is 1. The van der Waals surface area contributed by atoms with Crippen molar-refractivity contribution in [3.05, 3.63) is 48.3 Å². The first-order valence-corrected chi connectivity index (χ1v) is 6.10. The fourth-order valence-corrected chi connectivity index (χ4v) is 2.08. The summed E-state index contributed by atoms with van der Waals surface area (Å²) < 4.78 is 1.78. The number of anilines is 2. The third-order valence-corrected chi connectivity index (χ3v) is 3.07. The Bertz CT molecular complexity index is 717. The van der Waals surface area contributed by atoms with Gasteiger partial charge in [-0.1, -0.05) is 18.2 Å². The van der Waals surface area contributed by atoms with Gasteiger partial charge in [-0.05, 0) is 12.1 Å². The number of nitrogens with zero attached hydrogens (tertiary/aromatic N) is 3. The van der Waals surface area contributed by atoms with Gasteiger partial charge in [0.15, 0.2) is 0 Å². The number of hydrogen-bond acceptors (Lipinski definition) is 4. The van der Waals surface area contributed by atoms with Crippen LogP contribution in [0.1, 0.15) is 5.69 Å². The monoisotopic (exact) mass is 253 g/mol. The molecule has 0 aliphatic heterocycles. The zero-order valence-electron chi connectivity index (χ0n) is 10.7. The van der Waals surface area contributed by atoms with Crippen molar-refractivity contribution in [3.63, 3.8) is 0 Å². The van der Waals surface area contributed by atoms with Crippen LogP contribution in [0.15, 0.2) is 42.6 Å². The van der Waals surface area contributed by atoms with Gasteiger partial charge < -0.3 is 11.1 Å². The molecule has 3 rings (SSSR count). The summed E-state index contributed by atoms with van der Waals surface area (Å²) in [6.07, 6.45) is 1.75. The lowest BCUT2D eigenvalue weighted by Crippen LogP contribution is -2.06. The second-order valence-corrected chi connectivity index (χ2v) is 4.41. The number of para-hydroxylation sites is 1. The summed E-state index contributed by atoms with van der Waals surface area (Å²) in [5.74, 6) is 0.952. The van der Waals surface area contributed by atoms with E-state index in [-0.39, 0.29) is 0 Å². The molecule has 0 saturated carbocycles. The van der Waals surface area contributed by atoms with E-state index in [2.05, 4.69) is 15.4 Å². The minimum atomic E-state index is 0.620. The third-order valence-electron chi connectivity index (χ3n) is 3.07. The average Bonchev–Trinajstić information content (AvgIpc) is 2.82. The number of hydrogen-bond donors (Lipinski definition) is 2. The second-order valence-electron chi connectivity index (χ2n) is 4.41. The van der Waals surface area contributed by atoms with Gasteiger partial charge in [0.05, 0.1) is 24.0 Å². The molecule has 0 radical (unpaired) electrons. The van der Waals surface area contributed by atoms with Gasteiger partial charge in [-0.2, -0.15) is 5.10 Å². The first-order chi connectivity index (χ1) is 9.24. The molecule has 0 fully saturated rings. The molecule has 5 heteroatoms. The molecule has 5 nitrogen and oxygen atoms in total. The van der Waals surface area contributed by atoms with Crippen LogP contribution >= 0.6 is 0 Å². The number of rotatable bonds is 3. The summed E-state index contributed by atoms with van der Waals surface area (Å²) in [6.45, 7) is 0.620. The summed E-state index contributed by atoms with van der Waals surface area (Å²) in [4.78, 5) is 4.59. The predicted octanol–water partition coefficient (Wildman–Crippen LogP) is 2.16. The Balaban J connectivity index is 1.87. The van der Waals surface area contributed by atoms with Gasteiger partial charge in [-0.15, -0.1) is 0 Å². The van der Waals surface area contributed by atoms with Gasteiger partial charge in [-0.25, -0.2) is 0 Å². The van der Waals surface area contributed by atoms with Crippen molar-refractivity contribution >= 4 is 22.4 Å². The highest BCUT2D eigenvalue weighted by Gasteiger charge is 2.04. The molecule has 0 saturated heterocycles. The van der Waals surface area contributed by atoms with Gasteiger partial charge in [0.25, 0.3) is 0 Å². The minimum absolute atomic E-state index is 0.620. The van der Waals surface area contributed by atoms with E-state index in [9.17, 15) is 0 Å². The molecule has 2 heterocycles. The van der Waals surface area contributed by atoms with Crippen LogP contribution in [0.5, 0.6) is 0 Å². The Labute approximate surface area is 111 Å². The Morgan fingerprint density at radius 2 is 2.11 bits per heavy atom. The third kappa shape index (κ3) is 2.22. The normalized spacial score (nSPS) is 10.8. The quantitative estimate of drug-likeness (QED) is 0.750. The Morgan fingerprint density at radius 1 is 1.26 bits per heavy atom. The van der Waals surface area contributed by atoms with Crippen molar-refractivity contribution < 1.29 is 0 Å². The molecule has 1 aromatic carbocycles. The SMILES string of the molecule is Cn1nccc1NCc1cc(N)c2ccccc2n1. The summed E-state index contributed by atoms with van der Waals surface area (Å²) in [5, 5.41) is 8.38. The molecule has 0 unspecified atom stereocenters. The van der Waals surface area contributed by atoms with Crippen molar-refractivity contribution in [1.29, 1.82) is 0 Å². The lowest BCUT2D eigenvalue weighted by Gasteiger charge is -2.08. The number of nitrogens with one attached hydrogen (secondary N) is 1. The van der Waals surface area contributed by atoms with Crippen LogP contribution in [0.3, 0.4) is 0 Å². The molecule has 19 heavy (non-hydrogen) atoms. The van der Waals surface area contributed by atoms with E-state index in [1.54, 1.807) is 10.9 Å². The first kappa shape index (κ1) is 11.5. The van der Waals surface area contributed by atoms with Crippen molar-refractivity contribution in [2.75, 3.05) is 11.1 Å². The lowest BCUT2D eigenvalue weighted by molar-refractivity contribution is 0.768. The van der Waals surface area contributed by atoms with E-state index >= 15 is 0 Å². The van der Waals surface area contributed by atoms with Crippen LogP contribution in [0.2, 0.25) is 0 Å². The lowest BCUT2D eigenvalue weighted by atomic mass is 10.1. The molecule has 3 N–H and O–H groups in total. The van der Waals surface area contributed by atoms with Gasteiger partial charge >= 0.3 is 0 Å². The van der Waals surface area contributed by atoms with Gasteiger partial charge in [0, 0.05) is 24.2 Å². The van der Waals surface area contributed by atoms with Crippen LogP contribution in [-0.4, -0.2) is 14.8 Å². The standard InChI is InChI=1S/C14H15N5/c1-19-14(6-7-17-19)16-9-10-8-12(15)11-4-2-3-5-13(11)18-10/h2-8,16H,9H2,1H3,(H2,15,18). The first-order valence-electron chi connectivity index (χ1n) is 6.10. The Kier molecular flexibility index (Phi) is 2.79. The van der Waals surface area contributed by atoms with E-state index in [4.69, 9.17) is 5.73 Å². The number of aryl methyl sites for hydroxylation is 1. The van der Waals surface area contributed by atoms with Crippen molar-refractivity contribution in [3.8, 4) is 0 Å². The van der Waals surface area contributed by atoms with Gasteiger partial charge in [-0.3, -0.25) is 9.67 Å². The highest BCUT2D eigenvalue weighted by molar-refractivity contribution is 5.90. The predicted molar refractivity (Wildman–Crippen MR) is 76.7 cm³/mol. The summed E-state index contributed by atoms with van der Waals surface area (Å²) >= 11 is 0. The summed E-state index contributed by atoms with van der Waals surface area (Å²) in [5.41, 5.74) is 8.64. The zero-order chi connectivity index (χ0) is 13.2. The summed E-state index contributed by atoms with van der Waals surface area (Å²) in [6, 6.07) is 11.7. The highest BCUT2D eigenvalue weighted by atomic mass is 15.3. The van der Waals surface area contributed by atoms with Crippen LogP contribution in [0.4, 0.5) is 11.5 Å². The maximum atomic E-state index is 6.05. The molecule has 3 aromatic rings. The number of fused-ring (bicyclic) bond motifs is 1. The number of aromatic nitrogens is 3. The van der Waals surface area contributed by atoms with Gasteiger partial charge in [0.2, 0.25) is 0 Å². The number of nitrogen functional groups attached to an aromatic ring is 1. The Hall–Kier alpha value is -2.56. The highest BCUT2D eigenvalue weighted by Crippen LogP contribution is 2.20. The fourth-order valence-electron chi connectivity index (χ4n) is 2.08. The van der Waals surface area contributed by atoms with Gasteiger partial charge in [0.1, 0.15) is 5.82 Å². The van der Waals surface area contributed by atoms with E-state index in [1.807, 2.05) is 43.4 Å². The van der Waals surface area contributed by atoms with E-state index < -0.39 is 0 Å².